The number of rotatable bonds is 4. The summed E-state index contributed by atoms with van der Waals surface area (Å²) < 4.78 is 12.0. The van der Waals surface area contributed by atoms with E-state index in [4.69, 9.17) is 14.5 Å². The smallest absolute Gasteiger partial charge is 0.231 e. The molecule has 0 saturated heterocycles. The van der Waals surface area contributed by atoms with E-state index in [0.29, 0.717) is 6.54 Å². The molecule has 2 aliphatic rings. The highest BCUT2D eigenvalue weighted by Gasteiger charge is 2.34. The molecule has 0 bridgehead atoms. The number of para-hydroxylation sites is 1. The van der Waals surface area contributed by atoms with Gasteiger partial charge in [-0.2, -0.15) is 0 Å². The Balaban J connectivity index is 1.36. The molecule has 5 rings (SSSR count). The van der Waals surface area contributed by atoms with Crippen molar-refractivity contribution in [3.8, 4) is 11.5 Å². The molecule has 0 fully saturated rings. The molecule has 1 amide bonds. The number of carbonyl (C=O) groups excluding carboxylic acids is 1. The molecule has 0 spiro atoms. The molecule has 2 atom stereocenters. The standard InChI is InChI=1S/C23H22N2O3S/c1-25(13-15-10-11-19-20(12-15)28-14-27-19)23(26)17-7-3-2-6-16(17)22-24-18-8-4-5-9-21(18)29-22/h2-5,8-12,16-17H,6-7,13-14H2,1H3/t16-,17+/m1/s1. The number of ether oxygens (including phenoxy) is 2. The van der Waals surface area contributed by atoms with Gasteiger partial charge in [-0.05, 0) is 42.7 Å². The Kier molecular flexibility index (Phi) is 4.72. The van der Waals surface area contributed by atoms with Crippen molar-refractivity contribution in [1.29, 1.82) is 0 Å². The number of fused-ring (bicyclic) bond motifs is 2. The first-order valence-electron chi connectivity index (χ1n) is 9.83. The second-order valence-electron chi connectivity index (χ2n) is 7.56. The molecular formula is C23H22N2O3S. The first kappa shape index (κ1) is 18.2. The molecule has 1 aliphatic heterocycles. The Hall–Kier alpha value is -2.86. The molecule has 1 aliphatic carbocycles. The van der Waals surface area contributed by atoms with Crippen LogP contribution in [0.15, 0.2) is 54.6 Å². The lowest BCUT2D eigenvalue weighted by Gasteiger charge is -2.30. The van der Waals surface area contributed by atoms with E-state index < -0.39 is 0 Å². The highest BCUT2D eigenvalue weighted by molar-refractivity contribution is 7.18. The number of carbonyl (C=O) groups is 1. The van der Waals surface area contributed by atoms with Gasteiger partial charge in [-0.1, -0.05) is 30.4 Å². The largest absolute Gasteiger partial charge is 0.454 e. The maximum Gasteiger partial charge on any atom is 0.231 e. The van der Waals surface area contributed by atoms with Gasteiger partial charge in [0.15, 0.2) is 11.5 Å². The first-order valence-corrected chi connectivity index (χ1v) is 10.6. The zero-order chi connectivity index (χ0) is 19.8. The van der Waals surface area contributed by atoms with Crippen molar-refractivity contribution in [2.75, 3.05) is 13.8 Å². The topological polar surface area (TPSA) is 51.7 Å². The van der Waals surface area contributed by atoms with Gasteiger partial charge in [0.25, 0.3) is 0 Å². The SMILES string of the molecule is CN(Cc1ccc2c(c1)OCO2)C(=O)[C@H]1CC=CC[C@H]1c1nc2ccccc2s1. The first-order chi connectivity index (χ1) is 14.2. The third kappa shape index (κ3) is 3.49. The van der Waals surface area contributed by atoms with Crippen LogP contribution in [-0.2, 0) is 11.3 Å². The van der Waals surface area contributed by atoms with Crippen LogP contribution in [0.2, 0.25) is 0 Å². The number of hydrogen-bond acceptors (Lipinski definition) is 5. The van der Waals surface area contributed by atoms with Gasteiger partial charge < -0.3 is 14.4 Å². The molecule has 29 heavy (non-hydrogen) atoms. The van der Waals surface area contributed by atoms with Gasteiger partial charge in [0, 0.05) is 19.5 Å². The van der Waals surface area contributed by atoms with Gasteiger partial charge in [-0.3, -0.25) is 4.79 Å². The minimum atomic E-state index is -0.0837. The second kappa shape index (κ2) is 7.52. The Morgan fingerprint density at radius 3 is 2.86 bits per heavy atom. The predicted octanol–water partition coefficient (Wildman–Crippen LogP) is 4.73. The summed E-state index contributed by atoms with van der Waals surface area (Å²) in [5.41, 5.74) is 2.05. The highest BCUT2D eigenvalue weighted by atomic mass is 32.1. The van der Waals surface area contributed by atoms with Crippen molar-refractivity contribution in [2.45, 2.75) is 25.3 Å². The molecule has 0 unspecified atom stereocenters. The van der Waals surface area contributed by atoms with E-state index in [9.17, 15) is 4.79 Å². The molecule has 2 heterocycles. The quantitative estimate of drug-likeness (QED) is 0.588. The number of amides is 1. The van der Waals surface area contributed by atoms with Gasteiger partial charge in [0.2, 0.25) is 12.7 Å². The number of nitrogens with zero attached hydrogens (tertiary/aromatic N) is 2. The van der Waals surface area contributed by atoms with Crippen LogP contribution in [0.5, 0.6) is 11.5 Å². The van der Waals surface area contributed by atoms with E-state index in [0.717, 1.165) is 40.4 Å². The maximum atomic E-state index is 13.3. The molecular weight excluding hydrogens is 384 g/mol. The van der Waals surface area contributed by atoms with Crippen molar-refractivity contribution in [3.63, 3.8) is 0 Å². The lowest BCUT2D eigenvalue weighted by molar-refractivity contribution is -0.135. The van der Waals surface area contributed by atoms with Crippen LogP contribution >= 0.6 is 11.3 Å². The summed E-state index contributed by atoms with van der Waals surface area (Å²) in [6.07, 6.45) is 5.91. The summed E-state index contributed by atoms with van der Waals surface area (Å²) in [6.45, 7) is 0.800. The van der Waals surface area contributed by atoms with E-state index in [1.54, 1.807) is 11.3 Å². The van der Waals surface area contributed by atoms with E-state index in [-0.39, 0.29) is 24.5 Å². The molecule has 5 nitrogen and oxygen atoms in total. The molecule has 0 N–H and O–H groups in total. The lowest BCUT2D eigenvalue weighted by Crippen LogP contribution is -2.36. The molecule has 0 saturated carbocycles. The van der Waals surface area contributed by atoms with Crippen molar-refractivity contribution in [3.05, 3.63) is 65.2 Å². The Morgan fingerprint density at radius 1 is 1.14 bits per heavy atom. The van der Waals surface area contributed by atoms with Crippen LogP contribution in [0.25, 0.3) is 10.2 Å². The van der Waals surface area contributed by atoms with Gasteiger partial charge in [0.1, 0.15) is 0 Å². The maximum absolute atomic E-state index is 13.3. The summed E-state index contributed by atoms with van der Waals surface area (Å²) in [6, 6.07) is 14.0. The van der Waals surface area contributed by atoms with E-state index in [1.165, 1.54) is 4.70 Å². The van der Waals surface area contributed by atoms with Gasteiger partial charge in [-0.25, -0.2) is 4.98 Å². The van der Waals surface area contributed by atoms with Crippen molar-refractivity contribution in [2.24, 2.45) is 5.92 Å². The monoisotopic (exact) mass is 406 g/mol. The predicted molar refractivity (Wildman–Crippen MR) is 113 cm³/mol. The second-order valence-corrected chi connectivity index (χ2v) is 8.62. The minimum Gasteiger partial charge on any atom is -0.454 e. The van der Waals surface area contributed by atoms with Crippen molar-refractivity contribution >= 4 is 27.5 Å². The van der Waals surface area contributed by atoms with Crippen LogP contribution in [0.4, 0.5) is 0 Å². The number of thiazole rings is 1. The Morgan fingerprint density at radius 2 is 1.97 bits per heavy atom. The molecule has 0 radical (unpaired) electrons. The Labute approximate surface area is 173 Å². The summed E-state index contributed by atoms with van der Waals surface area (Å²) in [4.78, 5) is 20.0. The lowest BCUT2D eigenvalue weighted by atomic mass is 9.82. The van der Waals surface area contributed by atoms with Crippen LogP contribution < -0.4 is 9.47 Å². The normalized spacial score (nSPS) is 20.2. The molecule has 2 aromatic carbocycles. The van der Waals surface area contributed by atoms with Crippen LogP contribution in [-0.4, -0.2) is 29.6 Å². The third-order valence-electron chi connectivity index (χ3n) is 5.61. The molecule has 3 aromatic rings. The van der Waals surface area contributed by atoms with Crippen molar-refractivity contribution in [1.82, 2.24) is 9.88 Å². The fourth-order valence-electron chi connectivity index (χ4n) is 4.08. The highest BCUT2D eigenvalue weighted by Crippen LogP contribution is 2.39. The summed E-state index contributed by atoms with van der Waals surface area (Å²) in [7, 11) is 1.88. The van der Waals surface area contributed by atoms with E-state index in [1.807, 2.05) is 48.3 Å². The number of hydrogen-bond donors (Lipinski definition) is 0. The van der Waals surface area contributed by atoms with Crippen LogP contribution in [0.1, 0.15) is 29.3 Å². The molecule has 148 valence electrons. The summed E-state index contributed by atoms with van der Waals surface area (Å²) in [5.74, 6) is 1.72. The zero-order valence-electron chi connectivity index (χ0n) is 16.2. The van der Waals surface area contributed by atoms with Gasteiger partial charge in [0.05, 0.1) is 21.1 Å². The molecule has 6 heteroatoms. The summed E-state index contributed by atoms with van der Waals surface area (Å²) in [5, 5.41) is 1.06. The minimum absolute atomic E-state index is 0.0837. The van der Waals surface area contributed by atoms with E-state index >= 15 is 0 Å². The number of benzene rings is 2. The average Bonchev–Trinajstić information content (AvgIpc) is 3.39. The average molecular weight is 407 g/mol. The van der Waals surface area contributed by atoms with Crippen LogP contribution in [0.3, 0.4) is 0 Å². The fraction of sp³-hybridized carbons (Fsp3) is 0.304. The van der Waals surface area contributed by atoms with Gasteiger partial charge >= 0.3 is 0 Å². The Bertz CT molecular complexity index is 1060. The number of allylic oxidation sites excluding steroid dienone is 2. The fourth-order valence-corrected chi connectivity index (χ4v) is 5.23. The zero-order valence-corrected chi connectivity index (χ0v) is 17.0. The number of aromatic nitrogens is 1. The third-order valence-corrected chi connectivity index (χ3v) is 6.78. The van der Waals surface area contributed by atoms with Gasteiger partial charge in [-0.15, -0.1) is 11.3 Å². The van der Waals surface area contributed by atoms with E-state index in [2.05, 4.69) is 18.2 Å². The molecule has 1 aromatic heterocycles. The summed E-state index contributed by atoms with van der Waals surface area (Å²) >= 11 is 1.71. The van der Waals surface area contributed by atoms with Crippen molar-refractivity contribution < 1.29 is 14.3 Å². The van der Waals surface area contributed by atoms with Crippen LogP contribution in [0, 0.1) is 5.92 Å².